The Morgan fingerprint density at radius 2 is 1.51 bits per heavy atom. The van der Waals surface area contributed by atoms with E-state index in [0.717, 1.165) is 34.5 Å². The van der Waals surface area contributed by atoms with Gasteiger partial charge in [-0.15, -0.1) is 0 Å². The van der Waals surface area contributed by atoms with Crippen molar-refractivity contribution in [2.24, 2.45) is 5.92 Å². The quantitative estimate of drug-likeness (QED) is 0.334. The fourth-order valence-electron chi connectivity index (χ4n) is 5.91. The van der Waals surface area contributed by atoms with E-state index in [1.165, 1.54) is 5.56 Å². The van der Waals surface area contributed by atoms with Crippen LogP contribution in [0.4, 0.5) is 0 Å². The molecule has 4 aromatic carbocycles. The molecule has 2 fully saturated rings. The van der Waals surface area contributed by atoms with Crippen LogP contribution >= 0.6 is 0 Å². The van der Waals surface area contributed by atoms with Gasteiger partial charge in [-0.05, 0) is 28.3 Å². The number of morpholine rings is 1. The van der Waals surface area contributed by atoms with E-state index in [4.69, 9.17) is 9.47 Å². The van der Waals surface area contributed by atoms with Crippen LogP contribution < -0.4 is 10.1 Å². The predicted octanol–water partition coefficient (Wildman–Crippen LogP) is 5.84. The molecular formula is C34H34N2O3. The predicted molar refractivity (Wildman–Crippen MR) is 153 cm³/mol. The summed E-state index contributed by atoms with van der Waals surface area (Å²) in [5.74, 6) is 0.966. The van der Waals surface area contributed by atoms with Gasteiger partial charge >= 0.3 is 0 Å². The number of hydrogen-bond acceptors (Lipinski definition) is 4. The van der Waals surface area contributed by atoms with Crippen LogP contribution in [-0.4, -0.2) is 43.7 Å². The van der Waals surface area contributed by atoms with Crippen molar-refractivity contribution in [1.82, 2.24) is 10.2 Å². The van der Waals surface area contributed by atoms with Crippen LogP contribution in [0.5, 0.6) is 5.75 Å². The Morgan fingerprint density at radius 1 is 0.821 bits per heavy atom. The van der Waals surface area contributed by atoms with Gasteiger partial charge in [-0.25, -0.2) is 0 Å². The van der Waals surface area contributed by atoms with Gasteiger partial charge in [0.25, 0.3) is 0 Å². The van der Waals surface area contributed by atoms with Crippen LogP contribution in [0.2, 0.25) is 0 Å². The number of carbonyl (C=O) groups is 1. The van der Waals surface area contributed by atoms with Crippen LogP contribution in [-0.2, 0) is 16.1 Å². The molecule has 3 atom stereocenters. The van der Waals surface area contributed by atoms with Gasteiger partial charge in [0.15, 0.2) is 0 Å². The van der Waals surface area contributed by atoms with Crippen molar-refractivity contribution in [3.8, 4) is 16.9 Å². The molecule has 5 heteroatoms. The molecule has 4 aromatic rings. The molecule has 2 aliphatic rings. The third kappa shape index (κ3) is 5.47. The van der Waals surface area contributed by atoms with Crippen molar-refractivity contribution >= 4 is 5.91 Å². The molecule has 0 unspecified atom stereocenters. The number of nitrogens with zero attached hydrogens (tertiary/aromatic N) is 1. The second-order valence-corrected chi connectivity index (χ2v) is 10.3. The second kappa shape index (κ2) is 11.9. The van der Waals surface area contributed by atoms with E-state index in [2.05, 4.69) is 66.0 Å². The lowest BCUT2D eigenvalue weighted by atomic mass is 9.83. The van der Waals surface area contributed by atoms with Crippen molar-refractivity contribution in [3.05, 3.63) is 126 Å². The Labute approximate surface area is 230 Å². The molecule has 0 bridgehead atoms. The molecule has 6 rings (SSSR count). The van der Waals surface area contributed by atoms with E-state index < -0.39 is 0 Å². The van der Waals surface area contributed by atoms with E-state index in [-0.39, 0.29) is 23.8 Å². The number of amides is 1. The van der Waals surface area contributed by atoms with Crippen LogP contribution in [0.25, 0.3) is 11.1 Å². The molecule has 1 N–H and O–H groups in total. The molecule has 2 heterocycles. The monoisotopic (exact) mass is 518 g/mol. The topological polar surface area (TPSA) is 50.8 Å². The number of ether oxygens (including phenoxy) is 2. The van der Waals surface area contributed by atoms with Gasteiger partial charge in [0, 0.05) is 31.1 Å². The first-order valence-electron chi connectivity index (χ1n) is 13.8. The van der Waals surface area contributed by atoms with Crippen molar-refractivity contribution in [2.45, 2.75) is 18.6 Å². The van der Waals surface area contributed by atoms with E-state index in [1.807, 2.05) is 53.4 Å². The van der Waals surface area contributed by atoms with Crippen molar-refractivity contribution < 1.29 is 14.3 Å². The number of nitrogens with one attached hydrogen (secondary N) is 1. The highest BCUT2D eigenvalue weighted by molar-refractivity contribution is 5.83. The highest BCUT2D eigenvalue weighted by Gasteiger charge is 2.40. The second-order valence-electron chi connectivity index (χ2n) is 10.3. The van der Waals surface area contributed by atoms with Gasteiger partial charge < -0.3 is 19.7 Å². The minimum atomic E-state index is -0.145. The smallest absolute Gasteiger partial charge is 0.228 e. The Kier molecular flexibility index (Phi) is 7.70. The molecule has 0 aliphatic carbocycles. The number of hydrogen-bond donors (Lipinski definition) is 1. The van der Waals surface area contributed by atoms with E-state index in [1.54, 1.807) is 0 Å². The van der Waals surface area contributed by atoms with Gasteiger partial charge in [0.2, 0.25) is 5.91 Å². The summed E-state index contributed by atoms with van der Waals surface area (Å²) in [5, 5.41) is 3.53. The van der Waals surface area contributed by atoms with Crippen LogP contribution in [0.1, 0.15) is 28.7 Å². The van der Waals surface area contributed by atoms with Gasteiger partial charge in [-0.2, -0.15) is 0 Å². The first-order valence-corrected chi connectivity index (χ1v) is 13.8. The van der Waals surface area contributed by atoms with Gasteiger partial charge in [0.05, 0.1) is 25.2 Å². The Morgan fingerprint density at radius 3 is 2.33 bits per heavy atom. The van der Waals surface area contributed by atoms with E-state index in [9.17, 15) is 4.79 Å². The molecule has 39 heavy (non-hydrogen) atoms. The molecule has 1 amide bonds. The standard InChI is InChI=1S/C34H34N2O3/c37-34(36-19-20-38-24-32(36)26-13-5-2-6-14-26)31-22-35-21-30(31)28-16-8-7-15-27(28)29-17-9-10-18-33(29)39-23-25-11-3-1-4-12-25/h1-18,30-32,35H,19-24H2/t30-,31+,32+/m0/s1. The third-order valence-corrected chi connectivity index (χ3v) is 7.90. The number of rotatable bonds is 7. The van der Waals surface area contributed by atoms with Crippen LogP contribution in [0.3, 0.4) is 0 Å². The Hall–Kier alpha value is -3.93. The van der Waals surface area contributed by atoms with Gasteiger partial charge in [0.1, 0.15) is 12.4 Å². The average molecular weight is 519 g/mol. The molecule has 198 valence electrons. The van der Waals surface area contributed by atoms with Crippen LogP contribution in [0, 0.1) is 5.92 Å². The Bertz CT molecular complexity index is 1390. The normalized spacial score (nSPS) is 21.0. The van der Waals surface area contributed by atoms with Crippen LogP contribution in [0.15, 0.2) is 109 Å². The number of carbonyl (C=O) groups excluding carboxylic acids is 1. The summed E-state index contributed by atoms with van der Waals surface area (Å²) in [6.07, 6.45) is 0. The van der Waals surface area contributed by atoms with Crippen molar-refractivity contribution in [3.63, 3.8) is 0 Å². The highest BCUT2D eigenvalue weighted by Crippen LogP contribution is 2.40. The van der Waals surface area contributed by atoms with Gasteiger partial charge in [-0.1, -0.05) is 103 Å². The molecule has 2 aliphatic heterocycles. The Balaban J connectivity index is 1.29. The number of benzene rings is 4. The zero-order valence-corrected chi connectivity index (χ0v) is 22.0. The zero-order valence-electron chi connectivity index (χ0n) is 22.0. The molecule has 5 nitrogen and oxygen atoms in total. The van der Waals surface area contributed by atoms with E-state index >= 15 is 0 Å². The van der Waals surface area contributed by atoms with Gasteiger partial charge in [-0.3, -0.25) is 4.79 Å². The third-order valence-electron chi connectivity index (χ3n) is 7.90. The highest BCUT2D eigenvalue weighted by atomic mass is 16.5. The molecule has 0 radical (unpaired) electrons. The molecule has 0 aromatic heterocycles. The number of para-hydroxylation sites is 1. The fraction of sp³-hybridized carbons (Fsp3) is 0.265. The summed E-state index contributed by atoms with van der Waals surface area (Å²) in [6.45, 7) is 3.65. The maximum atomic E-state index is 14.1. The van der Waals surface area contributed by atoms with Crippen molar-refractivity contribution in [2.75, 3.05) is 32.8 Å². The average Bonchev–Trinajstić information content (AvgIpc) is 3.51. The van der Waals surface area contributed by atoms with Crippen molar-refractivity contribution in [1.29, 1.82) is 0 Å². The maximum absolute atomic E-state index is 14.1. The fourth-order valence-corrected chi connectivity index (χ4v) is 5.91. The van der Waals surface area contributed by atoms with E-state index in [0.29, 0.717) is 32.9 Å². The lowest BCUT2D eigenvalue weighted by Gasteiger charge is -2.38. The lowest BCUT2D eigenvalue weighted by Crippen LogP contribution is -2.47. The summed E-state index contributed by atoms with van der Waals surface area (Å²) in [6, 6.07) is 37.1. The first kappa shape index (κ1) is 25.4. The summed E-state index contributed by atoms with van der Waals surface area (Å²) < 4.78 is 12.1. The summed E-state index contributed by atoms with van der Waals surface area (Å²) in [7, 11) is 0. The summed E-state index contributed by atoms with van der Waals surface area (Å²) in [5.41, 5.74) is 5.61. The SMILES string of the molecule is O=C([C@@H]1CNC[C@H]1c1ccccc1-c1ccccc1OCc1ccccc1)N1CCOC[C@@H]1c1ccccc1. The maximum Gasteiger partial charge on any atom is 0.228 e. The molecule has 0 saturated carbocycles. The summed E-state index contributed by atoms with van der Waals surface area (Å²) in [4.78, 5) is 16.2. The zero-order chi connectivity index (χ0) is 26.4. The summed E-state index contributed by atoms with van der Waals surface area (Å²) >= 11 is 0. The minimum absolute atomic E-state index is 0.0592. The molecule has 0 spiro atoms. The largest absolute Gasteiger partial charge is 0.488 e. The minimum Gasteiger partial charge on any atom is -0.488 e. The first-order chi connectivity index (χ1) is 19.3. The lowest BCUT2D eigenvalue weighted by molar-refractivity contribution is -0.144. The molecular weight excluding hydrogens is 484 g/mol. The molecule has 2 saturated heterocycles.